The minimum atomic E-state index is 0.788. The second-order valence-electron chi connectivity index (χ2n) is 4.19. The second-order valence-corrected chi connectivity index (χ2v) is 4.99. The molecule has 1 heterocycles. The molecule has 5 heteroatoms. The maximum Gasteiger partial charge on any atom is 0.152 e. The zero-order valence-electron chi connectivity index (χ0n) is 11.3. The Balaban J connectivity index is 2.48. The summed E-state index contributed by atoms with van der Waals surface area (Å²) >= 11 is 3.57. The highest BCUT2D eigenvalue weighted by atomic mass is 79.9. The molecule has 2 aromatic rings. The average molecular weight is 321 g/mol. The summed E-state index contributed by atoms with van der Waals surface area (Å²) in [4.78, 5) is 10.7. The van der Waals surface area contributed by atoms with Gasteiger partial charge in [-0.05, 0) is 47.5 Å². The topological polar surface area (TPSA) is 41.1 Å². The highest BCUT2D eigenvalue weighted by Gasteiger charge is 2.15. The number of halogens is 1. The monoisotopic (exact) mass is 320 g/mol. The Hall–Kier alpha value is -1.62. The van der Waals surface area contributed by atoms with Gasteiger partial charge in [-0.1, -0.05) is 12.1 Å². The Labute approximate surface area is 122 Å². The molecule has 1 aromatic heterocycles. The normalized spacial score (nSPS) is 10.3. The van der Waals surface area contributed by atoms with Crippen molar-refractivity contribution in [3.8, 4) is 0 Å². The van der Waals surface area contributed by atoms with E-state index in [-0.39, 0.29) is 0 Å². The van der Waals surface area contributed by atoms with Gasteiger partial charge < -0.3 is 10.2 Å². The van der Waals surface area contributed by atoms with Gasteiger partial charge in [-0.25, -0.2) is 9.97 Å². The summed E-state index contributed by atoms with van der Waals surface area (Å²) in [5, 5.41) is 3.05. The van der Waals surface area contributed by atoms with Crippen molar-refractivity contribution < 1.29 is 0 Å². The van der Waals surface area contributed by atoms with Crippen molar-refractivity contribution >= 4 is 33.3 Å². The molecule has 100 valence electrons. The molecule has 0 radical (unpaired) electrons. The van der Waals surface area contributed by atoms with Gasteiger partial charge in [-0.3, -0.25) is 0 Å². The van der Waals surface area contributed by atoms with E-state index in [4.69, 9.17) is 0 Å². The lowest BCUT2D eigenvalue weighted by atomic mass is 10.2. The number of nitrogens with zero attached hydrogens (tertiary/aromatic N) is 3. The zero-order valence-corrected chi connectivity index (χ0v) is 12.9. The van der Waals surface area contributed by atoms with Gasteiger partial charge in [0.15, 0.2) is 5.82 Å². The first-order chi connectivity index (χ1) is 9.17. The van der Waals surface area contributed by atoms with E-state index in [1.807, 2.05) is 7.05 Å². The number of rotatable bonds is 4. The summed E-state index contributed by atoms with van der Waals surface area (Å²) in [7, 11) is 1.85. The van der Waals surface area contributed by atoms with E-state index < -0.39 is 0 Å². The molecule has 0 bridgehead atoms. The van der Waals surface area contributed by atoms with Crippen LogP contribution in [0.1, 0.15) is 12.5 Å². The molecule has 0 aliphatic rings. The molecule has 0 fully saturated rings. The number of anilines is 3. The Bertz CT molecular complexity index is 571. The number of aromatic nitrogens is 2. The summed E-state index contributed by atoms with van der Waals surface area (Å²) in [6.45, 7) is 5.03. The lowest BCUT2D eigenvalue weighted by molar-refractivity contribution is 0.968. The lowest BCUT2D eigenvalue weighted by Crippen LogP contribution is -2.18. The number of nitrogens with one attached hydrogen (secondary N) is 1. The second kappa shape index (κ2) is 6.02. The van der Waals surface area contributed by atoms with E-state index in [1.54, 1.807) is 6.33 Å². The van der Waals surface area contributed by atoms with Crippen LogP contribution in [-0.2, 0) is 0 Å². The highest BCUT2D eigenvalue weighted by Crippen LogP contribution is 2.33. The molecular weight excluding hydrogens is 304 g/mol. The molecule has 1 aromatic carbocycles. The molecule has 2 rings (SSSR count). The fourth-order valence-electron chi connectivity index (χ4n) is 1.97. The lowest BCUT2D eigenvalue weighted by Gasteiger charge is -2.24. The van der Waals surface area contributed by atoms with Crippen LogP contribution < -0.4 is 10.2 Å². The number of hydrogen-bond acceptors (Lipinski definition) is 4. The van der Waals surface area contributed by atoms with Gasteiger partial charge >= 0.3 is 0 Å². The van der Waals surface area contributed by atoms with Crippen molar-refractivity contribution in [2.75, 3.05) is 23.8 Å². The van der Waals surface area contributed by atoms with Gasteiger partial charge in [0.1, 0.15) is 16.6 Å². The molecule has 0 spiro atoms. The zero-order chi connectivity index (χ0) is 13.8. The van der Waals surface area contributed by atoms with Crippen LogP contribution in [0.5, 0.6) is 0 Å². The summed E-state index contributed by atoms with van der Waals surface area (Å²) in [6, 6.07) is 8.38. The van der Waals surface area contributed by atoms with Crippen LogP contribution in [0.2, 0.25) is 0 Å². The van der Waals surface area contributed by atoms with Crippen molar-refractivity contribution in [1.82, 2.24) is 9.97 Å². The van der Waals surface area contributed by atoms with Gasteiger partial charge in [0.25, 0.3) is 0 Å². The van der Waals surface area contributed by atoms with Gasteiger partial charge in [0.05, 0.1) is 0 Å². The van der Waals surface area contributed by atoms with Crippen molar-refractivity contribution in [2.24, 2.45) is 0 Å². The maximum absolute atomic E-state index is 4.39. The van der Waals surface area contributed by atoms with Crippen molar-refractivity contribution in [2.45, 2.75) is 13.8 Å². The molecule has 19 heavy (non-hydrogen) atoms. The van der Waals surface area contributed by atoms with Gasteiger partial charge in [0, 0.05) is 19.3 Å². The molecule has 0 saturated heterocycles. The van der Waals surface area contributed by atoms with E-state index in [2.05, 4.69) is 74.2 Å². The summed E-state index contributed by atoms with van der Waals surface area (Å²) in [5.74, 6) is 1.66. The average Bonchev–Trinajstić information content (AvgIpc) is 2.41. The van der Waals surface area contributed by atoms with Crippen LogP contribution in [0.4, 0.5) is 17.3 Å². The minimum Gasteiger partial charge on any atom is -0.372 e. The summed E-state index contributed by atoms with van der Waals surface area (Å²) < 4.78 is 0.876. The SMILES string of the molecule is CCN(c1cccc(C)c1)c1ncnc(NC)c1Br. The molecule has 0 unspecified atom stereocenters. The third-order valence-electron chi connectivity index (χ3n) is 2.89. The Morgan fingerprint density at radius 3 is 2.74 bits per heavy atom. The van der Waals surface area contributed by atoms with Crippen LogP contribution in [0.25, 0.3) is 0 Å². The molecule has 1 N–H and O–H groups in total. The Kier molecular flexibility index (Phi) is 4.37. The highest BCUT2D eigenvalue weighted by molar-refractivity contribution is 9.10. The van der Waals surface area contributed by atoms with E-state index >= 15 is 0 Å². The quantitative estimate of drug-likeness (QED) is 0.931. The Morgan fingerprint density at radius 2 is 2.11 bits per heavy atom. The molecule has 0 saturated carbocycles. The largest absolute Gasteiger partial charge is 0.372 e. The number of benzene rings is 1. The first-order valence-electron chi connectivity index (χ1n) is 6.19. The van der Waals surface area contributed by atoms with Crippen LogP contribution >= 0.6 is 15.9 Å². The van der Waals surface area contributed by atoms with E-state index in [0.29, 0.717) is 0 Å². The van der Waals surface area contributed by atoms with Crippen LogP contribution in [0.3, 0.4) is 0 Å². The molecule has 0 aliphatic heterocycles. The van der Waals surface area contributed by atoms with Crippen molar-refractivity contribution in [3.05, 3.63) is 40.6 Å². The molecule has 0 amide bonds. The summed E-state index contributed by atoms with van der Waals surface area (Å²) in [5.41, 5.74) is 2.36. The molecule has 0 atom stereocenters. The molecular formula is C14H17BrN4. The fourth-order valence-corrected chi connectivity index (χ4v) is 2.59. The smallest absolute Gasteiger partial charge is 0.152 e. The van der Waals surface area contributed by atoms with E-state index in [1.165, 1.54) is 5.56 Å². The van der Waals surface area contributed by atoms with E-state index in [9.17, 15) is 0 Å². The van der Waals surface area contributed by atoms with Crippen LogP contribution in [0.15, 0.2) is 35.1 Å². The fraction of sp³-hybridized carbons (Fsp3) is 0.286. The van der Waals surface area contributed by atoms with Gasteiger partial charge in [-0.15, -0.1) is 0 Å². The van der Waals surface area contributed by atoms with Crippen molar-refractivity contribution in [1.29, 1.82) is 0 Å². The van der Waals surface area contributed by atoms with Gasteiger partial charge in [0.2, 0.25) is 0 Å². The molecule has 0 aliphatic carbocycles. The first kappa shape index (κ1) is 13.8. The summed E-state index contributed by atoms with van der Waals surface area (Å²) in [6.07, 6.45) is 1.57. The molecule has 4 nitrogen and oxygen atoms in total. The standard InChI is InChI=1S/C14H17BrN4/c1-4-19(11-7-5-6-10(2)8-11)14-12(15)13(16-3)17-9-18-14/h5-9H,4H2,1-3H3,(H,16,17,18). The third-order valence-corrected chi connectivity index (χ3v) is 3.62. The van der Waals surface area contributed by atoms with E-state index in [0.717, 1.165) is 28.3 Å². The van der Waals surface area contributed by atoms with Crippen molar-refractivity contribution in [3.63, 3.8) is 0 Å². The van der Waals surface area contributed by atoms with Crippen LogP contribution in [-0.4, -0.2) is 23.6 Å². The predicted molar refractivity (Wildman–Crippen MR) is 83.1 cm³/mol. The minimum absolute atomic E-state index is 0.788. The number of aryl methyl sites for hydroxylation is 1. The van der Waals surface area contributed by atoms with Crippen LogP contribution in [0, 0.1) is 6.92 Å². The first-order valence-corrected chi connectivity index (χ1v) is 6.99. The maximum atomic E-state index is 4.39. The predicted octanol–water partition coefficient (Wildman–Crippen LogP) is 3.75. The number of hydrogen-bond donors (Lipinski definition) is 1. The Morgan fingerprint density at radius 1 is 1.32 bits per heavy atom. The third kappa shape index (κ3) is 2.87. The van der Waals surface area contributed by atoms with Gasteiger partial charge in [-0.2, -0.15) is 0 Å².